The van der Waals surface area contributed by atoms with Gasteiger partial charge in [0.25, 0.3) is 11.7 Å². The number of ether oxygens (including phenoxy) is 1. The second kappa shape index (κ2) is 6.39. The van der Waals surface area contributed by atoms with Crippen molar-refractivity contribution < 1.29 is 23.8 Å². The van der Waals surface area contributed by atoms with E-state index < -0.39 is 29.3 Å². The van der Waals surface area contributed by atoms with Gasteiger partial charge in [0.05, 0.1) is 18.7 Å². The first-order valence-corrected chi connectivity index (χ1v) is 7.59. The molecule has 0 aromatic heterocycles. The van der Waals surface area contributed by atoms with Gasteiger partial charge in [-0.2, -0.15) is 0 Å². The van der Waals surface area contributed by atoms with Crippen LogP contribution in [0.1, 0.15) is 17.2 Å². The molecular formula is C19H16FNO4. The molecule has 128 valence electrons. The Labute approximate surface area is 144 Å². The molecule has 0 aliphatic carbocycles. The molecule has 1 aliphatic heterocycles. The second-order valence-electron chi connectivity index (χ2n) is 5.67. The van der Waals surface area contributed by atoms with Gasteiger partial charge in [0.1, 0.15) is 5.76 Å². The number of aliphatic hydroxyl groups excluding tert-OH is 1. The van der Waals surface area contributed by atoms with Crippen LogP contribution in [0.2, 0.25) is 0 Å². The average Bonchev–Trinajstić information content (AvgIpc) is 2.86. The Morgan fingerprint density at radius 2 is 1.84 bits per heavy atom. The van der Waals surface area contributed by atoms with E-state index in [-0.39, 0.29) is 16.9 Å². The van der Waals surface area contributed by atoms with Crippen LogP contribution in [0.3, 0.4) is 0 Å². The molecule has 1 unspecified atom stereocenters. The quantitative estimate of drug-likeness (QED) is 0.530. The monoisotopic (exact) mass is 341 g/mol. The third-order valence-electron chi connectivity index (χ3n) is 4.22. The highest BCUT2D eigenvalue weighted by atomic mass is 19.1. The number of nitrogens with zero attached hydrogens (tertiary/aromatic N) is 1. The summed E-state index contributed by atoms with van der Waals surface area (Å²) in [6, 6.07) is 12.0. The van der Waals surface area contributed by atoms with Crippen molar-refractivity contribution >= 4 is 17.4 Å². The molecule has 5 nitrogen and oxygen atoms in total. The normalized spacial score (nSPS) is 19.3. The summed E-state index contributed by atoms with van der Waals surface area (Å²) < 4.78 is 18.8. The number of carbonyl (C=O) groups excluding carboxylic acids is 2. The number of aliphatic hydroxyl groups is 1. The highest BCUT2D eigenvalue weighted by Gasteiger charge is 2.44. The Morgan fingerprint density at radius 1 is 1.16 bits per heavy atom. The third-order valence-corrected chi connectivity index (χ3v) is 4.22. The molecule has 1 amide bonds. The Bertz CT molecular complexity index is 876. The molecule has 25 heavy (non-hydrogen) atoms. The van der Waals surface area contributed by atoms with Crippen LogP contribution in [0.5, 0.6) is 5.75 Å². The Morgan fingerprint density at radius 3 is 2.44 bits per heavy atom. The van der Waals surface area contributed by atoms with E-state index >= 15 is 0 Å². The van der Waals surface area contributed by atoms with Gasteiger partial charge in [0.15, 0.2) is 11.6 Å². The van der Waals surface area contributed by atoms with Crippen LogP contribution in [0, 0.1) is 5.82 Å². The van der Waals surface area contributed by atoms with Gasteiger partial charge in [-0.15, -0.1) is 0 Å². The van der Waals surface area contributed by atoms with Gasteiger partial charge in [-0.1, -0.05) is 30.3 Å². The van der Waals surface area contributed by atoms with Crippen molar-refractivity contribution in [3.8, 4) is 5.75 Å². The summed E-state index contributed by atoms with van der Waals surface area (Å²) in [5, 5.41) is 10.6. The van der Waals surface area contributed by atoms with E-state index in [1.807, 2.05) is 6.07 Å². The number of hydrogen-bond donors (Lipinski definition) is 1. The van der Waals surface area contributed by atoms with Crippen molar-refractivity contribution in [2.75, 3.05) is 14.2 Å². The molecule has 1 N–H and O–H groups in total. The Kier molecular flexibility index (Phi) is 4.27. The van der Waals surface area contributed by atoms with Crippen molar-refractivity contribution in [3.63, 3.8) is 0 Å². The maximum atomic E-state index is 13.9. The maximum Gasteiger partial charge on any atom is 0.295 e. The summed E-state index contributed by atoms with van der Waals surface area (Å²) in [6.45, 7) is 0. The predicted octanol–water partition coefficient (Wildman–Crippen LogP) is 2.89. The molecule has 0 bridgehead atoms. The minimum Gasteiger partial charge on any atom is -0.507 e. The van der Waals surface area contributed by atoms with Crippen LogP contribution in [-0.2, 0) is 9.59 Å². The van der Waals surface area contributed by atoms with Crippen molar-refractivity contribution in [3.05, 3.63) is 71.0 Å². The summed E-state index contributed by atoms with van der Waals surface area (Å²) in [5.74, 6) is -2.59. The lowest BCUT2D eigenvalue weighted by atomic mass is 9.95. The van der Waals surface area contributed by atoms with Crippen LogP contribution in [0.15, 0.2) is 54.1 Å². The van der Waals surface area contributed by atoms with Crippen molar-refractivity contribution in [1.82, 2.24) is 4.90 Å². The number of amides is 1. The van der Waals surface area contributed by atoms with Gasteiger partial charge < -0.3 is 14.7 Å². The zero-order valence-electron chi connectivity index (χ0n) is 13.7. The number of ketones is 1. The van der Waals surface area contributed by atoms with Crippen LogP contribution in [0.4, 0.5) is 4.39 Å². The molecule has 2 aromatic carbocycles. The van der Waals surface area contributed by atoms with Gasteiger partial charge >= 0.3 is 0 Å². The molecule has 1 fully saturated rings. The molecule has 2 aromatic rings. The number of halogens is 1. The molecule has 1 heterocycles. The number of rotatable bonds is 3. The number of Topliss-reactive ketones (excluding diaryl/α,β-unsaturated/α-hetero) is 1. The van der Waals surface area contributed by atoms with Crippen molar-refractivity contribution in [1.29, 1.82) is 0 Å². The van der Waals surface area contributed by atoms with Crippen LogP contribution in [-0.4, -0.2) is 35.9 Å². The van der Waals surface area contributed by atoms with E-state index in [0.29, 0.717) is 5.56 Å². The number of benzene rings is 2. The van der Waals surface area contributed by atoms with E-state index in [9.17, 15) is 19.1 Å². The first-order chi connectivity index (χ1) is 12.0. The van der Waals surface area contributed by atoms with Gasteiger partial charge in [0.2, 0.25) is 0 Å². The number of methoxy groups -OCH3 is 1. The number of carbonyl (C=O) groups is 2. The van der Waals surface area contributed by atoms with Gasteiger partial charge in [0, 0.05) is 12.6 Å². The highest BCUT2D eigenvalue weighted by Crippen LogP contribution is 2.38. The largest absolute Gasteiger partial charge is 0.507 e. The summed E-state index contributed by atoms with van der Waals surface area (Å²) in [5.41, 5.74) is 0.716. The Balaban J connectivity index is 2.16. The summed E-state index contributed by atoms with van der Waals surface area (Å²) in [7, 11) is 2.82. The first kappa shape index (κ1) is 16.7. The minimum absolute atomic E-state index is 0.0205. The summed E-state index contributed by atoms with van der Waals surface area (Å²) >= 11 is 0. The van der Waals surface area contributed by atoms with Crippen molar-refractivity contribution in [2.45, 2.75) is 6.04 Å². The first-order valence-electron chi connectivity index (χ1n) is 7.59. The van der Waals surface area contributed by atoms with Gasteiger partial charge in [-0.3, -0.25) is 9.59 Å². The molecule has 1 aliphatic rings. The minimum atomic E-state index is -0.801. The van der Waals surface area contributed by atoms with Gasteiger partial charge in [-0.05, 0) is 23.8 Å². The van der Waals surface area contributed by atoms with E-state index in [4.69, 9.17) is 4.74 Å². The highest BCUT2D eigenvalue weighted by molar-refractivity contribution is 6.46. The smallest absolute Gasteiger partial charge is 0.295 e. The van der Waals surface area contributed by atoms with Crippen LogP contribution < -0.4 is 4.74 Å². The molecule has 3 rings (SSSR count). The fraction of sp³-hybridized carbons (Fsp3) is 0.158. The fourth-order valence-corrected chi connectivity index (χ4v) is 2.94. The average molecular weight is 341 g/mol. The fourth-order valence-electron chi connectivity index (χ4n) is 2.94. The van der Waals surface area contributed by atoms with E-state index in [0.717, 1.165) is 6.07 Å². The van der Waals surface area contributed by atoms with E-state index in [1.54, 1.807) is 24.3 Å². The van der Waals surface area contributed by atoms with Crippen molar-refractivity contribution in [2.24, 2.45) is 0 Å². The maximum absolute atomic E-state index is 13.9. The van der Waals surface area contributed by atoms with Crippen LogP contribution >= 0.6 is 0 Å². The zero-order chi connectivity index (χ0) is 18.1. The third kappa shape index (κ3) is 2.76. The number of hydrogen-bond acceptors (Lipinski definition) is 4. The molecule has 0 saturated carbocycles. The molecule has 1 atom stereocenters. The van der Waals surface area contributed by atoms with E-state index in [2.05, 4.69) is 0 Å². The number of likely N-dealkylation sites (tertiary alicyclic amines) is 1. The van der Waals surface area contributed by atoms with Crippen LogP contribution in [0.25, 0.3) is 5.76 Å². The topological polar surface area (TPSA) is 66.8 Å². The lowest BCUT2D eigenvalue weighted by Crippen LogP contribution is -2.24. The lowest BCUT2D eigenvalue weighted by molar-refractivity contribution is -0.139. The SMILES string of the molecule is COc1ccc(/C(O)=C2\C(=O)C(=O)N(C)C2c2ccccc2)cc1F. The van der Waals surface area contributed by atoms with E-state index in [1.165, 1.54) is 31.2 Å². The molecule has 0 radical (unpaired) electrons. The summed E-state index contributed by atoms with van der Waals surface area (Å²) in [6.07, 6.45) is 0. The standard InChI is InChI=1S/C19H16FNO4/c1-21-16(11-6-4-3-5-7-11)15(18(23)19(21)24)17(22)12-8-9-14(25-2)13(20)10-12/h3-10,16,22H,1-2H3/b17-15+. The summed E-state index contributed by atoms with van der Waals surface area (Å²) in [4.78, 5) is 25.8. The predicted molar refractivity (Wildman–Crippen MR) is 89.5 cm³/mol. The molecule has 0 spiro atoms. The lowest BCUT2D eigenvalue weighted by Gasteiger charge is -2.20. The molecular weight excluding hydrogens is 325 g/mol. The molecule has 1 saturated heterocycles. The van der Waals surface area contributed by atoms with Gasteiger partial charge in [-0.25, -0.2) is 4.39 Å². The Hall–Kier alpha value is -3.15. The second-order valence-corrected chi connectivity index (χ2v) is 5.67. The number of likely N-dealkylation sites (N-methyl/N-ethyl adjacent to an activating group) is 1. The zero-order valence-corrected chi connectivity index (χ0v) is 13.7. The molecule has 6 heteroatoms.